The maximum Gasteiger partial charge on any atom is 0.246 e. The Bertz CT molecular complexity index is 722. The Balaban J connectivity index is 1.75. The predicted octanol–water partition coefficient (Wildman–Crippen LogP) is 2.30. The molecule has 0 bridgehead atoms. The molecule has 0 unspecified atom stereocenters. The van der Waals surface area contributed by atoms with Gasteiger partial charge in [-0.2, -0.15) is 5.10 Å². The zero-order chi connectivity index (χ0) is 18.8. The van der Waals surface area contributed by atoms with E-state index in [0.29, 0.717) is 5.92 Å². The summed E-state index contributed by atoms with van der Waals surface area (Å²) in [5, 5.41) is 4.41. The molecule has 6 nitrogen and oxygen atoms in total. The highest BCUT2D eigenvalue weighted by Crippen LogP contribution is 2.30. The van der Waals surface area contributed by atoms with Crippen molar-refractivity contribution in [1.82, 2.24) is 19.6 Å². The van der Waals surface area contributed by atoms with Crippen LogP contribution in [0.25, 0.3) is 6.08 Å². The highest BCUT2D eigenvalue weighted by molar-refractivity contribution is 5.92. The topological polar surface area (TPSA) is 58.4 Å². The smallest absolute Gasteiger partial charge is 0.246 e. The van der Waals surface area contributed by atoms with Crippen LogP contribution >= 0.6 is 0 Å². The molecule has 3 heterocycles. The SMILES string of the molecule is CC(=O)N1CC[C@@H]2[C@H](CCCCN2C(=O)/C=C/c2c(C)nn(C)c2C)C1. The van der Waals surface area contributed by atoms with Crippen LogP contribution in [-0.2, 0) is 16.6 Å². The van der Waals surface area contributed by atoms with Gasteiger partial charge in [0.2, 0.25) is 11.8 Å². The number of aromatic nitrogens is 2. The van der Waals surface area contributed by atoms with Gasteiger partial charge in [-0.3, -0.25) is 14.3 Å². The van der Waals surface area contributed by atoms with Gasteiger partial charge in [-0.1, -0.05) is 6.42 Å². The molecule has 0 spiro atoms. The number of likely N-dealkylation sites (tertiary alicyclic amines) is 2. The van der Waals surface area contributed by atoms with E-state index >= 15 is 0 Å². The summed E-state index contributed by atoms with van der Waals surface area (Å²) in [5.41, 5.74) is 3.03. The molecular weight excluding hydrogens is 328 g/mol. The molecule has 1 aromatic rings. The maximum atomic E-state index is 13.0. The summed E-state index contributed by atoms with van der Waals surface area (Å²) in [6.07, 6.45) is 7.76. The zero-order valence-electron chi connectivity index (χ0n) is 16.4. The van der Waals surface area contributed by atoms with Crippen molar-refractivity contribution in [2.75, 3.05) is 19.6 Å². The highest BCUT2D eigenvalue weighted by Gasteiger charge is 2.36. The van der Waals surface area contributed by atoms with E-state index in [1.54, 1.807) is 13.0 Å². The summed E-state index contributed by atoms with van der Waals surface area (Å²) in [6, 6.07) is 0.251. The van der Waals surface area contributed by atoms with Crippen molar-refractivity contribution < 1.29 is 9.59 Å². The first-order chi connectivity index (χ1) is 12.4. The third kappa shape index (κ3) is 3.69. The standard InChI is InChI=1S/C20H30N4O2/c1-14-18(15(2)22(4)21-14)8-9-20(26)24-11-6-5-7-17-13-23(16(3)25)12-10-19(17)24/h8-9,17,19H,5-7,10-13H2,1-4H3/b9-8+/t17-,19-/m1/s1. The number of rotatable bonds is 2. The molecule has 2 saturated heterocycles. The maximum absolute atomic E-state index is 13.0. The summed E-state index contributed by atoms with van der Waals surface area (Å²) in [7, 11) is 1.92. The monoisotopic (exact) mass is 358 g/mol. The van der Waals surface area contributed by atoms with Gasteiger partial charge >= 0.3 is 0 Å². The van der Waals surface area contributed by atoms with Crippen LogP contribution in [-0.4, -0.2) is 57.1 Å². The number of aryl methyl sites for hydroxylation is 2. The second-order valence-electron chi connectivity index (χ2n) is 7.65. The molecule has 142 valence electrons. The number of hydrogen-bond acceptors (Lipinski definition) is 3. The number of hydrogen-bond donors (Lipinski definition) is 0. The first-order valence-electron chi connectivity index (χ1n) is 9.63. The number of amides is 2. The average molecular weight is 358 g/mol. The fourth-order valence-electron chi connectivity index (χ4n) is 4.41. The third-order valence-electron chi connectivity index (χ3n) is 6.00. The van der Waals surface area contributed by atoms with Crippen molar-refractivity contribution in [2.45, 2.75) is 52.5 Å². The Morgan fingerprint density at radius 1 is 1.15 bits per heavy atom. The van der Waals surface area contributed by atoms with Crippen molar-refractivity contribution in [1.29, 1.82) is 0 Å². The first-order valence-corrected chi connectivity index (χ1v) is 9.63. The van der Waals surface area contributed by atoms with Gasteiger partial charge in [0.1, 0.15) is 0 Å². The van der Waals surface area contributed by atoms with E-state index in [1.807, 2.05) is 41.5 Å². The van der Waals surface area contributed by atoms with Gasteiger partial charge in [0.25, 0.3) is 0 Å². The second kappa shape index (κ2) is 7.64. The largest absolute Gasteiger partial charge is 0.343 e. The average Bonchev–Trinajstić information content (AvgIpc) is 2.78. The molecule has 1 aromatic heterocycles. The lowest BCUT2D eigenvalue weighted by Gasteiger charge is -2.42. The van der Waals surface area contributed by atoms with Crippen LogP contribution in [0.15, 0.2) is 6.08 Å². The predicted molar refractivity (Wildman–Crippen MR) is 101 cm³/mol. The minimum absolute atomic E-state index is 0.0841. The van der Waals surface area contributed by atoms with Gasteiger partial charge in [0.05, 0.1) is 5.69 Å². The van der Waals surface area contributed by atoms with Crippen LogP contribution in [0.2, 0.25) is 0 Å². The molecule has 0 aliphatic carbocycles. The number of fused-ring (bicyclic) bond motifs is 1. The first kappa shape index (κ1) is 18.7. The van der Waals surface area contributed by atoms with E-state index in [-0.39, 0.29) is 17.9 Å². The summed E-state index contributed by atoms with van der Waals surface area (Å²) in [6.45, 7) is 7.98. The van der Waals surface area contributed by atoms with Gasteiger partial charge in [0.15, 0.2) is 0 Å². The molecule has 2 aliphatic heterocycles. The van der Waals surface area contributed by atoms with Crippen LogP contribution in [0.1, 0.15) is 49.6 Å². The Kier molecular flexibility index (Phi) is 5.49. The summed E-state index contributed by atoms with van der Waals surface area (Å²) in [4.78, 5) is 28.7. The van der Waals surface area contributed by atoms with E-state index in [2.05, 4.69) is 5.10 Å². The van der Waals surface area contributed by atoms with E-state index in [1.165, 1.54) is 0 Å². The van der Waals surface area contributed by atoms with Crippen molar-refractivity contribution >= 4 is 17.9 Å². The van der Waals surface area contributed by atoms with Gasteiger partial charge in [-0.05, 0) is 45.1 Å². The summed E-state index contributed by atoms with van der Waals surface area (Å²) in [5.74, 6) is 0.628. The molecule has 2 aliphatic rings. The summed E-state index contributed by atoms with van der Waals surface area (Å²) >= 11 is 0. The molecule has 0 saturated carbocycles. The molecule has 0 radical (unpaired) electrons. The van der Waals surface area contributed by atoms with Gasteiger partial charge in [0, 0.05) is 57.0 Å². The molecule has 2 amide bonds. The molecule has 0 aromatic carbocycles. The Labute approximate surface area is 155 Å². The third-order valence-corrected chi connectivity index (χ3v) is 6.00. The van der Waals surface area contributed by atoms with Crippen LogP contribution in [0, 0.1) is 19.8 Å². The normalized spacial score (nSPS) is 23.8. The van der Waals surface area contributed by atoms with Crippen molar-refractivity contribution in [3.63, 3.8) is 0 Å². The molecule has 2 atom stereocenters. The van der Waals surface area contributed by atoms with E-state index in [4.69, 9.17) is 0 Å². The minimum Gasteiger partial charge on any atom is -0.343 e. The molecule has 26 heavy (non-hydrogen) atoms. The van der Waals surface area contributed by atoms with Crippen LogP contribution in [0.5, 0.6) is 0 Å². The Morgan fingerprint density at radius 3 is 2.58 bits per heavy atom. The highest BCUT2D eigenvalue weighted by atomic mass is 16.2. The van der Waals surface area contributed by atoms with Gasteiger partial charge < -0.3 is 9.80 Å². The van der Waals surface area contributed by atoms with Crippen LogP contribution in [0.4, 0.5) is 0 Å². The van der Waals surface area contributed by atoms with Crippen LogP contribution < -0.4 is 0 Å². The number of carbonyl (C=O) groups is 2. The molecule has 0 N–H and O–H groups in total. The van der Waals surface area contributed by atoms with E-state index < -0.39 is 0 Å². The van der Waals surface area contributed by atoms with Gasteiger partial charge in [-0.15, -0.1) is 0 Å². The van der Waals surface area contributed by atoms with Crippen LogP contribution in [0.3, 0.4) is 0 Å². The molecule has 6 heteroatoms. The van der Waals surface area contributed by atoms with Gasteiger partial charge in [-0.25, -0.2) is 0 Å². The lowest BCUT2D eigenvalue weighted by molar-refractivity contribution is -0.134. The number of nitrogens with zero attached hydrogens (tertiary/aromatic N) is 4. The fourth-order valence-corrected chi connectivity index (χ4v) is 4.41. The fraction of sp³-hybridized carbons (Fsp3) is 0.650. The summed E-state index contributed by atoms with van der Waals surface area (Å²) < 4.78 is 1.85. The number of carbonyl (C=O) groups excluding carboxylic acids is 2. The van der Waals surface area contributed by atoms with E-state index in [0.717, 1.165) is 62.3 Å². The second-order valence-corrected chi connectivity index (χ2v) is 7.65. The molecular formula is C20H30N4O2. The quantitative estimate of drug-likeness (QED) is 0.762. The van der Waals surface area contributed by atoms with Crippen molar-refractivity contribution in [3.8, 4) is 0 Å². The molecule has 3 rings (SSSR count). The zero-order valence-corrected chi connectivity index (χ0v) is 16.4. The lowest BCUT2D eigenvalue weighted by atomic mass is 9.88. The van der Waals surface area contributed by atoms with Crippen molar-refractivity contribution in [2.24, 2.45) is 13.0 Å². The van der Waals surface area contributed by atoms with E-state index in [9.17, 15) is 9.59 Å². The number of piperidine rings is 1. The molecule has 2 fully saturated rings. The Hall–Kier alpha value is -2.11. The van der Waals surface area contributed by atoms with Crippen molar-refractivity contribution in [3.05, 3.63) is 23.0 Å². The lowest BCUT2D eigenvalue weighted by Crippen LogP contribution is -2.52. The minimum atomic E-state index is 0.0841. The Morgan fingerprint density at radius 2 is 1.92 bits per heavy atom.